The average Bonchev–Trinajstić information content (AvgIpc) is 3.15. The van der Waals surface area contributed by atoms with Crippen molar-refractivity contribution in [1.29, 1.82) is 0 Å². The zero-order chi connectivity index (χ0) is 17.6. The minimum Gasteiger partial charge on any atom is -0.444 e. The molecule has 0 bridgehead atoms. The van der Waals surface area contributed by atoms with Crippen molar-refractivity contribution in [2.24, 2.45) is 5.92 Å². The van der Waals surface area contributed by atoms with Crippen molar-refractivity contribution in [3.05, 3.63) is 0 Å². The van der Waals surface area contributed by atoms with Gasteiger partial charge in [0.15, 0.2) is 0 Å². The third-order valence-electron chi connectivity index (χ3n) is 5.16. The van der Waals surface area contributed by atoms with Crippen LogP contribution in [0.4, 0.5) is 4.79 Å². The largest absolute Gasteiger partial charge is 0.444 e. The summed E-state index contributed by atoms with van der Waals surface area (Å²) in [4.78, 5) is 40.7. The van der Waals surface area contributed by atoms with Crippen LogP contribution in [0.5, 0.6) is 0 Å². The number of hydrogen-bond donors (Lipinski definition) is 1. The first kappa shape index (κ1) is 17.0. The molecule has 0 aliphatic carbocycles. The van der Waals surface area contributed by atoms with E-state index >= 15 is 0 Å². The second-order valence-electron chi connectivity index (χ2n) is 8.05. The summed E-state index contributed by atoms with van der Waals surface area (Å²) in [7, 11) is 0. The molecule has 7 nitrogen and oxygen atoms in total. The SMILES string of the molecule is C[C@@H]1C(=O)N[C@H]2CCN(C(=O)[C@@H]3CCCN3C(=O)OC(C)(C)C)[C@@H]21. The van der Waals surface area contributed by atoms with Gasteiger partial charge in [0.25, 0.3) is 0 Å². The van der Waals surface area contributed by atoms with Crippen LogP contribution < -0.4 is 5.32 Å². The number of likely N-dealkylation sites (tertiary alicyclic amines) is 2. The number of fused-ring (bicyclic) bond motifs is 1. The summed E-state index contributed by atoms with van der Waals surface area (Å²) in [5.74, 6) is -0.232. The molecule has 3 rings (SSSR count). The van der Waals surface area contributed by atoms with Gasteiger partial charge in [-0.25, -0.2) is 4.79 Å². The molecule has 24 heavy (non-hydrogen) atoms. The van der Waals surface area contributed by atoms with Gasteiger partial charge in [-0.3, -0.25) is 14.5 Å². The van der Waals surface area contributed by atoms with Crippen LogP contribution in [0.15, 0.2) is 0 Å². The maximum Gasteiger partial charge on any atom is 0.410 e. The van der Waals surface area contributed by atoms with E-state index in [1.165, 1.54) is 0 Å². The zero-order valence-corrected chi connectivity index (χ0v) is 14.9. The Bertz CT molecular complexity index is 557. The fraction of sp³-hybridized carbons (Fsp3) is 0.824. The molecule has 0 aromatic heterocycles. The van der Waals surface area contributed by atoms with Crippen LogP contribution in [0.1, 0.15) is 47.0 Å². The lowest BCUT2D eigenvalue weighted by Gasteiger charge is -2.33. The van der Waals surface area contributed by atoms with E-state index in [4.69, 9.17) is 4.74 Å². The summed E-state index contributed by atoms with van der Waals surface area (Å²) < 4.78 is 5.44. The molecule has 3 fully saturated rings. The van der Waals surface area contributed by atoms with Gasteiger partial charge in [0.2, 0.25) is 11.8 Å². The molecule has 3 heterocycles. The van der Waals surface area contributed by atoms with E-state index in [1.807, 2.05) is 27.7 Å². The summed E-state index contributed by atoms with van der Waals surface area (Å²) in [5, 5.41) is 2.97. The standard InChI is InChI=1S/C17H27N3O4/c1-10-13-11(18-14(10)21)7-9-20(13)15(22)12-6-5-8-19(12)16(23)24-17(2,3)4/h10-13H,5-9H2,1-4H3,(H,18,21)/t10-,11-,12-,13+/m0/s1. The Labute approximate surface area is 142 Å². The molecule has 0 saturated carbocycles. The minimum absolute atomic E-state index is 0.0120. The lowest BCUT2D eigenvalue weighted by atomic mass is 10.0. The number of carbonyl (C=O) groups is 3. The van der Waals surface area contributed by atoms with E-state index in [1.54, 1.807) is 9.80 Å². The van der Waals surface area contributed by atoms with Crippen LogP contribution in [0.2, 0.25) is 0 Å². The molecule has 134 valence electrons. The maximum absolute atomic E-state index is 13.1. The summed E-state index contributed by atoms with van der Waals surface area (Å²) in [6.07, 6.45) is 1.81. The van der Waals surface area contributed by atoms with Gasteiger partial charge in [-0.1, -0.05) is 6.92 Å². The number of carbonyl (C=O) groups excluding carboxylic acids is 3. The van der Waals surface area contributed by atoms with Crippen molar-refractivity contribution in [3.8, 4) is 0 Å². The molecule has 3 aliphatic heterocycles. The van der Waals surface area contributed by atoms with Crippen molar-refractivity contribution < 1.29 is 19.1 Å². The Balaban J connectivity index is 1.72. The smallest absolute Gasteiger partial charge is 0.410 e. The van der Waals surface area contributed by atoms with E-state index in [-0.39, 0.29) is 29.8 Å². The first-order valence-corrected chi connectivity index (χ1v) is 8.79. The van der Waals surface area contributed by atoms with Crippen LogP contribution in [0, 0.1) is 5.92 Å². The fourth-order valence-electron chi connectivity index (χ4n) is 4.07. The van der Waals surface area contributed by atoms with Crippen LogP contribution in [0.25, 0.3) is 0 Å². The van der Waals surface area contributed by atoms with E-state index < -0.39 is 17.7 Å². The highest BCUT2D eigenvalue weighted by Gasteiger charge is 2.50. The van der Waals surface area contributed by atoms with Gasteiger partial charge in [0.05, 0.1) is 18.0 Å². The highest BCUT2D eigenvalue weighted by molar-refractivity contribution is 5.89. The predicted octanol–water partition coefficient (Wildman–Crippen LogP) is 1.12. The van der Waals surface area contributed by atoms with Gasteiger partial charge in [0.1, 0.15) is 11.6 Å². The Morgan fingerprint density at radius 2 is 1.88 bits per heavy atom. The minimum atomic E-state index is -0.581. The third kappa shape index (κ3) is 2.96. The number of nitrogens with one attached hydrogen (secondary N) is 1. The molecule has 3 amide bonds. The highest BCUT2D eigenvalue weighted by atomic mass is 16.6. The van der Waals surface area contributed by atoms with Crippen molar-refractivity contribution in [2.45, 2.75) is 70.7 Å². The average molecular weight is 337 g/mol. The molecule has 3 saturated heterocycles. The number of amides is 3. The number of hydrogen-bond acceptors (Lipinski definition) is 4. The second kappa shape index (κ2) is 5.93. The maximum atomic E-state index is 13.1. The Morgan fingerprint density at radius 1 is 1.17 bits per heavy atom. The van der Waals surface area contributed by atoms with Gasteiger partial charge in [-0.05, 0) is 40.0 Å². The summed E-state index contributed by atoms with van der Waals surface area (Å²) >= 11 is 0. The normalized spacial score (nSPS) is 32.8. The fourth-order valence-corrected chi connectivity index (χ4v) is 4.07. The molecule has 3 aliphatic rings. The molecule has 0 radical (unpaired) electrons. The lowest BCUT2D eigenvalue weighted by Crippen LogP contribution is -2.52. The number of ether oxygens (including phenoxy) is 1. The van der Waals surface area contributed by atoms with Crippen molar-refractivity contribution in [2.75, 3.05) is 13.1 Å². The van der Waals surface area contributed by atoms with Crippen molar-refractivity contribution in [3.63, 3.8) is 0 Å². The van der Waals surface area contributed by atoms with Crippen molar-refractivity contribution in [1.82, 2.24) is 15.1 Å². The van der Waals surface area contributed by atoms with Crippen LogP contribution in [-0.4, -0.2) is 64.5 Å². The van der Waals surface area contributed by atoms with Gasteiger partial charge in [-0.2, -0.15) is 0 Å². The van der Waals surface area contributed by atoms with E-state index in [0.717, 1.165) is 12.8 Å². The van der Waals surface area contributed by atoms with Crippen LogP contribution in [-0.2, 0) is 14.3 Å². The molecule has 0 spiro atoms. The second-order valence-corrected chi connectivity index (χ2v) is 8.05. The lowest BCUT2D eigenvalue weighted by molar-refractivity contribution is -0.137. The number of nitrogens with zero attached hydrogens (tertiary/aromatic N) is 2. The Morgan fingerprint density at radius 3 is 2.54 bits per heavy atom. The zero-order valence-electron chi connectivity index (χ0n) is 14.9. The van der Waals surface area contributed by atoms with E-state index in [9.17, 15) is 14.4 Å². The molecule has 0 aromatic carbocycles. The van der Waals surface area contributed by atoms with Gasteiger partial charge < -0.3 is 15.0 Å². The first-order chi connectivity index (χ1) is 11.2. The topological polar surface area (TPSA) is 79.0 Å². The highest BCUT2D eigenvalue weighted by Crippen LogP contribution is 2.32. The van der Waals surface area contributed by atoms with E-state index in [2.05, 4.69) is 5.32 Å². The van der Waals surface area contributed by atoms with Crippen molar-refractivity contribution >= 4 is 17.9 Å². The quantitative estimate of drug-likeness (QED) is 0.778. The van der Waals surface area contributed by atoms with Crippen LogP contribution in [0.3, 0.4) is 0 Å². The molecular formula is C17H27N3O4. The molecule has 7 heteroatoms. The summed E-state index contributed by atoms with van der Waals surface area (Å²) in [6, 6.07) is -0.514. The van der Waals surface area contributed by atoms with E-state index in [0.29, 0.717) is 19.5 Å². The first-order valence-electron chi connectivity index (χ1n) is 8.79. The predicted molar refractivity (Wildman–Crippen MR) is 87.2 cm³/mol. The van der Waals surface area contributed by atoms with Gasteiger partial charge in [-0.15, -0.1) is 0 Å². The molecule has 4 atom stereocenters. The summed E-state index contributed by atoms with van der Waals surface area (Å²) in [5.41, 5.74) is -0.581. The molecular weight excluding hydrogens is 310 g/mol. The molecule has 0 aromatic rings. The van der Waals surface area contributed by atoms with Crippen LogP contribution >= 0.6 is 0 Å². The van der Waals surface area contributed by atoms with Gasteiger partial charge in [0, 0.05) is 13.1 Å². The number of rotatable bonds is 1. The molecule has 1 N–H and O–H groups in total. The van der Waals surface area contributed by atoms with Gasteiger partial charge >= 0.3 is 6.09 Å². The Kier molecular flexibility index (Phi) is 4.21. The molecule has 0 unspecified atom stereocenters. The third-order valence-corrected chi connectivity index (χ3v) is 5.16. The summed E-state index contributed by atoms with van der Waals surface area (Å²) in [6.45, 7) is 8.50. The Hall–Kier alpha value is -1.79. The monoisotopic (exact) mass is 337 g/mol.